The van der Waals surface area contributed by atoms with Gasteiger partial charge in [-0.3, -0.25) is 13.9 Å². The second-order valence-corrected chi connectivity index (χ2v) is 11.5. The highest BCUT2D eigenvalue weighted by Crippen LogP contribution is 2.30. The van der Waals surface area contributed by atoms with E-state index in [1.807, 2.05) is 27.7 Å². The zero-order chi connectivity index (χ0) is 28.3. The highest BCUT2D eigenvalue weighted by Gasteiger charge is 2.29. The van der Waals surface area contributed by atoms with Gasteiger partial charge >= 0.3 is 0 Å². The van der Waals surface area contributed by atoms with Gasteiger partial charge in [0, 0.05) is 26.1 Å². The summed E-state index contributed by atoms with van der Waals surface area (Å²) in [7, 11) is -3.65. The van der Waals surface area contributed by atoms with E-state index < -0.39 is 16.1 Å². The van der Waals surface area contributed by atoms with Gasteiger partial charge in [-0.2, -0.15) is 0 Å². The minimum Gasteiger partial charge on any atom is -0.492 e. The molecule has 1 atom stereocenters. The number of nitrogens with one attached hydrogen (secondary N) is 1. The van der Waals surface area contributed by atoms with E-state index >= 15 is 0 Å². The largest absolute Gasteiger partial charge is 0.492 e. The fourth-order valence-electron chi connectivity index (χ4n) is 4.05. The van der Waals surface area contributed by atoms with Crippen LogP contribution in [-0.2, 0) is 26.2 Å². The molecular weight excluding hydrogens is 509 g/mol. The van der Waals surface area contributed by atoms with Crippen molar-refractivity contribution in [1.29, 1.82) is 0 Å². The molecule has 0 aliphatic rings. The molecule has 0 spiro atoms. The molecule has 0 bridgehead atoms. The Labute approximate surface area is 226 Å². The second kappa shape index (κ2) is 14.7. The van der Waals surface area contributed by atoms with Crippen LogP contribution in [0.25, 0.3) is 0 Å². The summed E-state index contributed by atoms with van der Waals surface area (Å²) in [6, 6.07) is 12.0. The van der Waals surface area contributed by atoms with Crippen molar-refractivity contribution in [3.05, 3.63) is 59.9 Å². The topological polar surface area (TPSA) is 96.0 Å². The molecule has 210 valence electrons. The van der Waals surface area contributed by atoms with Crippen LogP contribution in [-0.4, -0.2) is 57.1 Å². The Morgan fingerprint density at radius 1 is 1.05 bits per heavy atom. The zero-order valence-electron chi connectivity index (χ0n) is 22.9. The highest BCUT2D eigenvalue weighted by molar-refractivity contribution is 7.92. The molecule has 0 aliphatic carbocycles. The summed E-state index contributed by atoms with van der Waals surface area (Å²) in [5.74, 6) is -0.231. The first-order chi connectivity index (χ1) is 18.0. The quantitative estimate of drug-likeness (QED) is 0.356. The SMILES string of the molecule is CCOc1ccccc1N(CCCC(=O)N(Cc1ccc(F)cc1)[C@H](CC)C(=O)NCC(C)C)S(C)(=O)=O. The molecule has 0 heterocycles. The number of anilines is 1. The summed E-state index contributed by atoms with van der Waals surface area (Å²) in [4.78, 5) is 28.0. The molecule has 0 fully saturated rings. The molecule has 0 radical (unpaired) electrons. The Morgan fingerprint density at radius 3 is 2.29 bits per heavy atom. The lowest BCUT2D eigenvalue weighted by Gasteiger charge is -2.31. The number of hydrogen-bond donors (Lipinski definition) is 1. The van der Waals surface area contributed by atoms with Crippen LogP contribution in [0.5, 0.6) is 5.75 Å². The van der Waals surface area contributed by atoms with Crippen molar-refractivity contribution in [3.63, 3.8) is 0 Å². The number of halogens is 1. The first kappa shape index (κ1) is 31.1. The van der Waals surface area contributed by atoms with E-state index in [0.29, 0.717) is 36.6 Å². The van der Waals surface area contributed by atoms with Crippen molar-refractivity contribution in [2.24, 2.45) is 5.92 Å². The van der Waals surface area contributed by atoms with Crippen LogP contribution in [0.4, 0.5) is 10.1 Å². The van der Waals surface area contributed by atoms with Crippen molar-refractivity contribution < 1.29 is 27.1 Å². The maximum atomic E-state index is 13.5. The first-order valence-electron chi connectivity index (χ1n) is 13.0. The summed E-state index contributed by atoms with van der Waals surface area (Å²) < 4.78 is 45.6. The normalized spacial score (nSPS) is 12.2. The van der Waals surface area contributed by atoms with Crippen molar-refractivity contribution in [2.45, 2.75) is 59.5 Å². The second-order valence-electron chi connectivity index (χ2n) is 9.55. The third-order valence-corrected chi connectivity index (χ3v) is 7.10. The van der Waals surface area contributed by atoms with Gasteiger partial charge in [0.15, 0.2) is 0 Å². The van der Waals surface area contributed by atoms with E-state index in [1.54, 1.807) is 36.4 Å². The molecule has 0 saturated carbocycles. The third kappa shape index (κ3) is 9.31. The number of ether oxygens (including phenoxy) is 1. The Balaban J connectivity index is 2.24. The minimum atomic E-state index is -3.65. The van der Waals surface area contributed by atoms with Crippen LogP contribution in [0, 0.1) is 11.7 Å². The van der Waals surface area contributed by atoms with E-state index in [1.165, 1.54) is 21.3 Å². The van der Waals surface area contributed by atoms with E-state index in [0.717, 1.165) is 6.26 Å². The van der Waals surface area contributed by atoms with E-state index in [4.69, 9.17) is 4.74 Å². The van der Waals surface area contributed by atoms with Crippen LogP contribution in [0.15, 0.2) is 48.5 Å². The fourth-order valence-corrected chi connectivity index (χ4v) is 5.02. The van der Waals surface area contributed by atoms with Crippen molar-refractivity contribution in [2.75, 3.05) is 30.3 Å². The van der Waals surface area contributed by atoms with Gasteiger partial charge in [-0.15, -0.1) is 0 Å². The number of nitrogens with zero attached hydrogens (tertiary/aromatic N) is 2. The number of amides is 2. The average Bonchev–Trinajstić information content (AvgIpc) is 2.86. The van der Waals surface area contributed by atoms with Gasteiger partial charge in [-0.25, -0.2) is 12.8 Å². The van der Waals surface area contributed by atoms with Crippen LogP contribution < -0.4 is 14.4 Å². The molecule has 8 nitrogen and oxygen atoms in total. The number of sulfonamides is 1. The molecule has 2 rings (SSSR count). The molecule has 0 aliphatic heterocycles. The predicted molar refractivity (Wildman–Crippen MR) is 148 cm³/mol. The van der Waals surface area contributed by atoms with Crippen molar-refractivity contribution >= 4 is 27.5 Å². The van der Waals surface area contributed by atoms with Gasteiger partial charge in [0.2, 0.25) is 21.8 Å². The summed E-state index contributed by atoms with van der Waals surface area (Å²) in [5, 5.41) is 2.90. The number of rotatable bonds is 15. The number of carbonyl (C=O) groups excluding carboxylic acids is 2. The highest BCUT2D eigenvalue weighted by atomic mass is 32.2. The molecule has 10 heteroatoms. The van der Waals surface area contributed by atoms with Gasteiger partial charge in [0.05, 0.1) is 18.6 Å². The van der Waals surface area contributed by atoms with E-state index in [2.05, 4.69) is 5.32 Å². The lowest BCUT2D eigenvalue weighted by molar-refractivity contribution is -0.141. The summed E-state index contributed by atoms with van der Waals surface area (Å²) >= 11 is 0. The number of carbonyl (C=O) groups is 2. The molecule has 2 amide bonds. The molecule has 0 aromatic heterocycles. The molecule has 2 aromatic carbocycles. The van der Waals surface area contributed by atoms with Gasteiger partial charge in [-0.05, 0) is 55.5 Å². The van der Waals surface area contributed by atoms with Crippen molar-refractivity contribution in [3.8, 4) is 5.75 Å². The van der Waals surface area contributed by atoms with Crippen LogP contribution in [0.3, 0.4) is 0 Å². The van der Waals surface area contributed by atoms with Crippen LogP contribution >= 0.6 is 0 Å². The number of benzene rings is 2. The fraction of sp³-hybridized carbons (Fsp3) is 0.500. The van der Waals surface area contributed by atoms with E-state index in [9.17, 15) is 22.4 Å². The van der Waals surface area contributed by atoms with Crippen LogP contribution in [0.1, 0.15) is 52.5 Å². The minimum absolute atomic E-state index is 0.0258. The van der Waals surface area contributed by atoms with Gasteiger partial charge in [-0.1, -0.05) is 45.0 Å². The summed E-state index contributed by atoms with van der Waals surface area (Å²) in [6.45, 7) is 8.68. The standard InChI is InChI=1S/C28H40FN3O5S/c1-6-24(28(34)30-19-21(3)4)31(20-22-14-16-23(29)17-15-22)27(33)13-10-18-32(38(5,35)36)25-11-8-9-12-26(25)37-7-2/h8-9,11-12,14-17,21,24H,6-7,10,13,18-20H2,1-5H3,(H,30,34)/t24-/m1/s1. The lowest BCUT2D eigenvalue weighted by atomic mass is 10.1. The third-order valence-electron chi connectivity index (χ3n) is 5.92. The summed E-state index contributed by atoms with van der Waals surface area (Å²) in [6.07, 6.45) is 1.77. The predicted octanol–water partition coefficient (Wildman–Crippen LogP) is 4.35. The van der Waals surface area contributed by atoms with Crippen molar-refractivity contribution in [1.82, 2.24) is 10.2 Å². The molecule has 1 N–H and O–H groups in total. The zero-order valence-corrected chi connectivity index (χ0v) is 23.8. The lowest BCUT2D eigenvalue weighted by Crippen LogP contribution is -2.49. The van der Waals surface area contributed by atoms with Gasteiger partial charge < -0.3 is 15.0 Å². The van der Waals surface area contributed by atoms with E-state index in [-0.39, 0.29) is 49.5 Å². The number of hydrogen-bond acceptors (Lipinski definition) is 5. The Morgan fingerprint density at radius 2 is 1.71 bits per heavy atom. The molecule has 0 saturated heterocycles. The molecule has 38 heavy (non-hydrogen) atoms. The molecule has 0 unspecified atom stereocenters. The molecular formula is C28H40FN3O5S. The monoisotopic (exact) mass is 549 g/mol. The maximum Gasteiger partial charge on any atom is 0.242 e. The Hall–Kier alpha value is -3.14. The molecule has 2 aromatic rings. The van der Waals surface area contributed by atoms with Crippen LogP contribution in [0.2, 0.25) is 0 Å². The van der Waals surface area contributed by atoms with Gasteiger partial charge in [0.25, 0.3) is 0 Å². The Kier molecular flexibility index (Phi) is 12.0. The average molecular weight is 550 g/mol. The smallest absolute Gasteiger partial charge is 0.242 e. The summed E-state index contributed by atoms with van der Waals surface area (Å²) in [5.41, 5.74) is 1.10. The number of para-hydroxylation sites is 2. The Bertz CT molecular complexity index is 1160. The van der Waals surface area contributed by atoms with Gasteiger partial charge in [0.1, 0.15) is 17.6 Å². The first-order valence-corrected chi connectivity index (χ1v) is 14.8. The maximum absolute atomic E-state index is 13.5.